The predicted molar refractivity (Wildman–Crippen MR) is 68.6 cm³/mol. The van der Waals surface area contributed by atoms with Gasteiger partial charge in [0.25, 0.3) is 0 Å². The summed E-state index contributed by atoms with van der Waals surface area (Å²) in [6, 6.07) is 3.07. The molecule has 1 fully saturated rings. The van der Waals surface area contributed by atoms with Crippen LogP contribution < -0.4 is 0 Å². The molecule has 0 aliphatic carbocycles. The van der Waals surface area contributed by atoms with Gasteiger partial charge in [-0.1, -0.05) is 6.07 Å². The van der Waals surface area contributed by atoms with E-state index in [2.05, 4.69) is 0 Å². The first-order valence-corrected chi connectivity index (χ1v) is 6.36. The topological polar surface area (TPSA) is 66.8 Å². The van der Waals surface area contributed by atoms with Crippen molar-refractivity contribution in [3.8, 4) is 0 Å². The monoisotopic (exact) mass is 299 g/mol. The molecular weight excluding hydrogens is 284 g/mol. The summed E-state index contributed by atoms with van der Waals surface area (Å²) < 4.78 is 31.4. The van der Waals surface area contributed by atoms with Crippen LogP contribution in [0.5, 0.6) is 0 Å². The van der Waals surface area contributed by atoms with Gasteiger partial charge in [0.1, 0.15) is 23.8 Å². The fraction of sp³-hybridized carbons (Fsp3) is 0.429. The van der Waals surface area contributed by atoms with Gasteiger partial charge in [0.15, 0.2) is 0 Å². The van der Waals surface area contributed by atoms with E-state index in [-0.39, 0.29) is 31.0 Å². The number of carbonyl (C=O) groups is 2. The number of halogens is 2. The molecule has 1 saturated heterocycles. The summed E-state index contributed by atoms with van der Waals surface area (Å²) in [6.07, 6.45) is -0.166. The third kappa shape index (κ3) is 3.75. The van der Waals surface area contributed by atoms with E-state index in [0.29, 0.717) is 0 Å². The average Bonchev–Trinajstić information content (AvgIpc) is 2.36. The van der Waals surface area contributed by atoms with E-state index < -0.39 is 29.8 Å². The van der Waals surface area contributed by atoms with E-state index in [1.165, 1.54) is 11.0 Å². The molecule has 5 nitrogen and oxygen atoms in total. The van der Waals surface area contributed by atoms with Crippen molar-refractivity contribution in [1.82, 2.24) is 4.90 Å². The first-order chi connectivity index (χ1) is 9.79. The SMILES string of the molecule is CC1(OCC(=O)O)CN(C(=O)Cc2ccc(F)cc2F)C1. The molecule has 1 aliphatic heterocycles. The number of ether oxygens (including phenoxy) is 1. The molecule has 0 radical (unpaired) electrons. The van der Waals surface area contributed by atoms with Crippen molar-refractivity contribution in [2.24, 2.45) is 0 Å². The number of aliphatic carboxylic acids is 1. The highest BCUT2D eigenvalue weighted by Gasteiger charge is 2.42. The summed E-state index contributed by atoms with van der Waals surface area (Å²) in [5.41, 5.74) is -0.559. The number of amides is 1. The van der Waals surface area contributed by atoms with Crippen molar-refractivity contribution in [2.45, 2.75) is 18.9 Å². The Labute approximate surface area is 120 Å². The fourth-order valence-corrected chi connectivity index (χ4v) is 2.20. The molecule has 1 aliphatic rings. The highest BCUT2D eigenvalue weighted by Crippen LogP contribution is 2.25. The van der Waals surface area contributed by atoms with E-state index in [9.17, 15) is 18.4 Å². The van der Waals surface area contributed by atoms with Crippen molar-refractivity contribution in [1.29, 1.82) is 0 Å². The molecule has 114 valence electrons. The summed E-state index contributed by atoms with van der Waals surface area (Å²) >= 11 is 0. The van der Waals surface area contributed by atoms with Crippen LogP contribution >= 0.6 is 0 Å². The molecule has 1 amide bonds. The van der Waals surface area contributed by atoms with Gasteiger partial charge in [-0.15, -0.1) is 0 Å². The minimum atomic E-state index is -1.07. The number of rotatable bonds is 5. The molecule has 0 aromatic heterocycles. The largest absolute Gasteiger partial charge is 0.480 e. The second kappa shape index (κ2) is 5.77. The van der Waals surface area contributed by atoms with Gasteiger partial charge in [0.2, 0.25) is 5.91 Å². The highest BCUT2D eigenvalue weighted by atomic mass is 19.1. The van der Waals surface area contributed by atoms with E-state index in [0.717, 1.165) is 12.1 Å². The molecule has 21 heavy (non-hydrogen) atoms. The lowest BCUT2D eigenvalue weighted by Gasteiger charge is -2.47. The van der Waals surface area contributed by atoms with Crippen LogP contribution in [-0.2, 0) is 20.7 Å². The lowest BCUT2D eigenvalue weighted by atomic mass is 9.95. The quantitative estimate of drug-likeness (QED) is 0.887. The molecule has 0 atom stereocenters. The molecule has 0 unspecified atom stereocenters. The van der Waals surface area contributed by atoms with Crippen molar-refractivity contribution in [2.75, 3.05) is 19.7 Å². The Bertz CT molecular complexity index is 570. The molecule has 0 spiro atoms. The normalized spacial score (nSPS) is 16.4. The predicted octanol–water partition coefficient (Wildman–Crippen LogP) is 1.21. The van der Waals surface area contributed by atoms with Gasteiger partial charge in [-0.25, -0.2) is 13.6 Å². The van der Waals surface area contributed by atoms with Gasteiger partial charge < -0.3 is 14.7 Å². The maximum absolute atomic E-state index is 13.5. The highest BCUT2D eigenvalue weighted by molar-refractivity contribution is 5.80. The van der Waals surface area contributed by atoms with E-state index >= 15 is 0 Å². The van der Waals surface area contributed by atoms with Gasteiger partial charge >= 0.3 is 5.97 Å². The van der Waals surface area contributed by atoms with Gasteiger partial charge in [0.05, 0.1) is 19.5 Å². The second-order valence-electron chi connectivity index (χ2n) is 5.29. The second-order valence-corrected chi connectivity index (χ2v) is 5.29. The van der Waals surface area contributed by atoms with Crippen molar-refractivity contribution in [3.63, 3.8) is 0 Å². The number of hydrogen-bond acceptors (Lipinski definition) is 3. The lowest BCUT2D eigenvalue weighted by Crippen LogP contribution is -2.63. The zero-order valence-electron chi connectivity index (χ0n) is 11.4. The number of benzene rings is 1. The Hall–Kier alpha value is -2.02. The van der Waals surface area contributed by atoms with Crippen LogP contribution in [0.4, 0.5) is 8.78 Å². The molecule has 1 heterocycles. The van der Waals surface area contributed by atoms with Gasteiger partial charge in [0, 0.05) is 6.07 Å². The minimum absolute atomic E-state index is 0.126. The van der Waals surface area contributed by atoms with Gasteiger partial charge in [-0.2, -0.15) is 0 Å². The Morgan fingerprint density at radius 3 is 2.62 bits per heavy atom. The molecule has 2 rings (SSSR count). The molecule has 0 bridgehead atoms. The van der Waals surface area contributed by atoms with E-state index in [1.807, 2.05) is 0 Å². The van der Waals surface area contributed by atoms with E-state index in [4.69, 9.17) is 9.84 Å². The first-order valence-electron chi connectivity index (χ1n) is 6.36. The third-order valence-corrected chi connectivity index (χ3v) is 3.30. The maximum atomic E-state index is 13.5. The fourth-order valence-electron chi connectivity index (χ4n) is 2.20. The first kappa shape index (κ1) is 15.4. The smallest absolute Gasteiger partial charge is 0.329 e. The van der Waals surface area contributed by atoms with Gasteiger partial charge in [-0.3, -0.25) is 4.79 Å². The molecule has 1 N–H and O–H groups in total. The summed E-state index contributed by atoms with van der Waals surface area (Å²) in [5.74, 6) is -2.83. The zero-order valence-corrected chi connectivity index (χ0v) is 11.4. The third-order valence-electron chi connectivity index (χ3n) is 3.30. The van der Waals surface area contributed by atoms with Crippen LogP contribution in [-0.4, -0.2) is 47.2 Å². The minimum Gasteiger partial charge on any atom is -0.480 e. The molecule has 0 saturated carbocycles. The zero-order chi connectivity index (χ0) is 15.6. The van der Waals surface area contributed by atoms with Crippen LogP contribution in [0.15, 0.2) is 18.2 Å². The molecule has 1 aromatic rings. The van der Waals surface area contributed by atoms with Crippen LogP contribution in [0, 0.1) is 11.6 Å². The average molecular weight is 299 g/mol. The Balaban J connectivity index is 1.87. The number of carboxylic acid groups (broad SMARTS) is 1. The van der Waals surface area contributed by atoms with Crippen LogP contribution in [0.2, 0.25) is 0 Å². The lowest BCUT2D eigenvalue weighted by molar-refractivity contribution is -0.172. The number of carbonyl (C=O) groups excluding carboxylic acids is 1. The van der Waals surface area contributed by atoms with Gasteiger partial charge in [-0.05, 0) is 18.6 Å². The summed E-state index contributed by atoms with van der Waals surface area (Å²) in [6.45, 7) is 1.78. The van der Waals surface area contributed by atoms with Crippen LogP contribution in [0.1, 0.15) is 12.5 Å². The summed E-state index contributed by atoms with van der Waals surface area (Å²) in [4.78, 5) is 23.8. The Morgan fingerprint density at radius 1 is 1.38 bits per heavy atom. The number of likely N-dealkylation sites (tertiary alicyclic amines) is 1. The number of carboxylic acids is 1. The van der Waals surface area contributed by atoms with Crippen molar-refractivity contribution in [3.05, 3.63) is 35.4 Å². The maximum Gasteiger partial charge on any atom is 0.329 e. The van der Waals surface area contributed by atoms with Crippen molar-refractivity contribution < 1.29 is 28.2 Å². The summed E-state index contributed by atoms with van der Waals surface area (Å²) in [5, 5.41) is 8.54. The molecule has 7 heteroatoms. The number of hydrogen-bond donors (Lipinski definition) is 1. The van der Waals surface area contributed by atoms with Crippen molar-refractivity contribution >= 4 is 11.9 Å². The van der Waals surface area contributed by atoms with E-state index in [1.54, 1.807) is 6.92 Å². The molecular formula is C14H15F2NO4. The number of nitrogens with zero attached hydrogens (tertiary/aromatic N) is 1. The summed E-state index contributed by atoms with van der Waals surface area (Å²) in [7, 11) is 0. The molecule has 1 aromatic carbocycles. The van der Waals surface area contributed by atoms with Crippen LogP contribution in [0.25, 0.3) is 0 Å². The Kier molecular flexibility index (Phi) is 4.22. The Morgan fingerprint density at radius 2 is 2.05 bits per heavy atom. The van der Waals surface area contributed by atoms with Crippen LogP contribution in [0.3, 0.4) is 0 Å². The standard InChI is InChI=1S/C14H15F2NO4/c1-14(21-6-13(19)20)7-17(8-14)12(18)4-9-2-3-10(15)5-11(9)16/h2-3,5H,4,6-8H2,1H3,(H,19,20).